The highest BCUT2D eigenvalue weighted by Gasteiger charge is 2.26. The van der Waals surface area contributed by atoms with Crippen LogP contribution in [0.5, 0.6) is 5.75 Å². The standard InChI is InChI=1S/C26H34N4O4S2/c1-4-7-15-30(5-2)36(32,33)21-13-11-20(12-14-21)25(31)28-16-18-29(19-17-28)26-27-24-22(34-6-3)9-8-10-23(24)35-26/h8-14H,4-7,15-19H2,1-3H3. The van der Waals surface area contributed by atoms with Crippen LogP contribution in [0.1, 0.15) is 44.0 Å². The number of hydrogen-bond acceptors (Lipinski definition) is 7. The molecule has 0 aliphatic carbocycles. The van der Waals surface area contributed by atoms with Crippen molar-refractivity contribution < 1.29 is 17.9 Å². The van der Waals surface area contributed by atoms with E-state index >= 15 is 0 Å². The first kappa shape index (κ1) is 26.4. The zero-order valence-corrected chi connectivity index (χ0v) is 22.8. The summed E-state index contributed by atoms with van der Waals surface area (Å²) in [6, 6.07) is 12.3. The van der Waals surface area contributed by atoms with Crippen LogP contribution in [0.25, 0.3) is 10.2 Å². The summed E-state index contributed by atoms with van der Waals surface area (Å²) >= 11 is 1.63. The van der Waals surface area contributed by atoms with Crippen molar-refractivity contribution in [3.05, 3.63) is 48.0 Å². The molecule has 0 bridgehead atoms. The number of sulfonamides is 1. The summed E-state index contributed by atoms with van der Waals surface area (Å²) in [6.07, 6.45) is 1.75. The molecule has 2 heterocycles. The number of piperazine rings is 1. The molecule has 0 radical (unpaired) electrons. The lowest BCUT2D eigenvalue weighted by molar-refractivity contribution is 0.0746. The van der Waals surface area contributed by atoms with Crippen molar-refractivity contribution in [2.24, 2.45) is 0 Å². The van der Waals surface area contributed by atoms with Gasteiger partial charge in [0.1, 0.15) is 11.3 Å². The topological polar surface area (TPSA) is 83.1 Å². The Hall–Kier alpha value is -2.69. The van der Waals surface area contributed by atoms with Crippen LogP contribution in [-0.4, -0.2) is 74.4 Å². The van der Waals surface area contributed by atoms with Gasteiger partial charge in [-0.3, -0.25) is 4.79 Å². The first-order chi connectivity index (χ1) is 17.4. The van der Waals surface area contributed by atoms with E-state index in [4.69, 9.17) is 9.72 Å². The van der Waals surface area contributed by atoms with E-state index in [0.29, 0.717) is 51.4 Å². The summed E-state index contributed by atoms with van der Waals surface area (Å²) in [5.74, 6) is 0.712. The monoisotopic (exact) mass is 530 g/mol. The summed E-state index contributed by atoms with van der Waals surface area (Å²) in [7, 11) is -3.56. The largest absolute Gasteiger partial charge is 0.492 e. The number of rotatable bonds is 10. The lowest BCUT2D eigenvalue weighted by Crippen LogP contribution is -2.48. The molecule has 0 unspecified atom stereocenters. The minimum atomic E-state index is -3.56. The Labute approximate surface area is 217 Å². The van der Waals surface area contributed by atoms with Gasteiger partial charge in [-0.15, -0.1) is 0 Å². The fraction of sp³-hybridized carbons (Fsp3) is 0.462. The maximum atomic E-state index is 13.1. The molecular weight excluding hydrogens is 496 g/mol. The average Bonchev–Trinajstić information content (AvgIpc) is 3.34. The van der Waals surface area contributed by atoms with E-state index in [1.165, 1.54) is 4.31 Å². The summed E-state index contributed by atoms with van der Waals surface area (Å²) in [4.78, 5) is 22.2. The van der Waals surface area contributed by atoms with E-state index in [-0.39, 0.29) is 10.8 Å². The molecule has 1 aromatic heterocycles. The normalized spacial score (nSPS) is 14.6. The molecule has 1 aliphatic heterocycles. The Morgan fingerprint density at radius 1 is 1.06 bits per heavy atom. The molecule has 1 amide bonds. The first-order valence-electron chi connectivity index (χ1n) is 12.6. The number of benzene rings is 2. The van der Waals surface area contributed by atoms with Crippen LogP contribution in [0.4, 0.5) is 5.13 Å². The maximum absolute atomic E-state index is 13.1. The number of para-hydroxylation sites is 1. The predicted molar refractivity (Wildman–Crippen MR) is 145 cm³/mol. The van der Waals surface area contributed by atoms with Crippen LogP contribution < -0.4 is 9.64 Å². The highest BCUT2D eigenvalue weighted by Crippen LogP contribution is 2.34. The third-order valence-electron chi connectivity index (χ3n) is 6.36. The first-order valence-corrected chi connectivity index (χ1v) is 14.8. The van der Waals surface area contributed by atoms with Crippen molar-refractivity contribution in [3.8, 4) is 5.75 Å². The van der Waals surface area contributed by atoms with E-state index in [1.807, 2.05) is 43.9 Å². The fourth-order valence-corrected chi connectivity index (χ4v) is 6.83. The molecule has 1 aliphatic rings. The smallest absolute Gasteiger partial charge is 0.253 e. The van der Waals surface area contributed by atoms with Gasteiger partial charge in [0, 0.05) is 44.8 Å². The van der Waals surface area contributed by atoms with E-state index in [2.05, 4.69) is 4.90 Å². The number of carbonyl (C=O) groups is 1. The highest BCUT2D eigenvalue weighted by atomic mass is 32.2. The van der Waals surface area contributed by atoms with Crippen LogP contribution in [0.3, 0.4) is 0 Å². The van der Waals surface area contributed by atoms with E-state index in [1.54, 1.807) is 35.6 Å². The van der Waals surface area contributed by atoms with Crippen molar-refractivity contribution in [1.82, 2.24) is 14.2 Å². The fourth-order valence-electron chi connectivity index (χ4n) is 4.30. The van der Waals surface area contributed by atoms with Gasteiger partial charge in [-0.2, -0.15) is 4.31 Å². The molecule has 0 atom stereocenters. The van der Waals surface area contributed by atoms with Crippen LogP contribution in [-0.2, 0) is 10.0 Å². The molecule has 8 nitrogen and oxygen atoms in total. The molecule has 194 valence electrons. The SMILES string of the molecule is CCCCN(CC)S(=O)(=O)c1ccc(C(=O)N2CCN(c3nc4c(OCC)cccc4s3)CC2)cc1. The number of anilines is 1. The number of nitrogens with zero attached hydrogens (tertiary/aromatic N) is 4. The molecule has 0 saturated carbocycles. The van der Waals surface area contributed by atoms with Crippen molar-refractivity contribution >= 4 is 42.6 Å². The Morgan fingerprint density at radius 2 is 1.78 bits per heavy atom. The van der Waals surface area contributed by atoms with Crippen LogP contribution in [0.2, 0.25) is 0 Å². The number of amides is 1. The van der Waals surface area contributed by atoms with Gasteiger partial charge in [0.15, 0.2) is 5.13 Å². The van der Waals surface area contributed by atoms with E-state index in [9.17, 15) is 13.2 Å². The van der Waals surface area contributed by atoms with Gasteiger partial charge in [0.25, 0.3) is 5.91 Å². The Kier molecular flexibility index (Phi) is 8.48. The van der Waals surface area contributed by atoms with E-state index in [0.717, 1.165) is 33.9 Å². The summed E-state index contributed by atoms with van der Waals surface area (Å²) in [6.45, 7) is 9.89. The highest BCUT2D eigenvalue weighted by molar-refractivity contribution is 7.89. The lowest BCUT2D eigenvalue weighted by Gasteiger charge is -2.34. The second-order valence-corrected chi connectivity index (χ2v) is 11.6. The summed E-state index contributed by atoms with van der Waals surface area (Å²) in [5, 5.41) is 0.933. The minimum absolute atomic E-state index is 0.0835. The molecule has 2 aromatic carbocycles. The number of unbranched alkanes of at least 4 members (excludes halogenated alkanes) is 1. The Morgan fingerprint density at radius 3 is 2.42 bits per heavy atom. The molecule has 0 N–H and O–H groups in total. The number of carbonyl (C=O) groups excluding carboxylic acids is 1. The van der Waals surface area contributed by atoms with Gasteiger partial charge in [-0.1, -0.05) is 37.7 Å². The van der Waals surface area contributed by atoms with Crippen LogP contribution >= 0.6 is 11.3 Å². The second-order valence-electron chi connectivity index (χ2n) is 8.69. The minimum Gasteiger partial charge on any atom is -0.492 e. The zero-order valence-electron chi connectivity index (χ0n) is 21.1. The molecule has 36 heavy (non-hydrogen) atoms. The molecule has 10 heteroatoms. The quantitative estimate of drug-likeness (QED) is 0.385. The van der Waals surface area contributed by atoms with Gasteiger partial charge >= 0.3 is 0 Å². The molecule has 1 fully saturated rings. The predicted octanol–water partition coefficient (Wildman–Crippen LogP) is 4.47. The third kappa shape index (κ3) is 5.50. The number of thiazole rings is 1. The molecule has 4 rings (SSSR count). The number of aromatic nitrogens is 1. The van der Waals surface area contributed by atoms with Crippen molar-refractivity contribution in [3.63, 3.8) is 0 Å². The average molecular weight is 531 g/mol. The third-order valence-corrected chi connectivity index (χ3v) is 9.43. The number of hydrogen-bond donors (Lipinski definition) is 0. The van der Waals surface area contributed by atoms with Crippen LogP contribution in [0.15, 0.2) is 47.4 Å². The van der Waals surface area contributed by atoms with Gasteiger partial charge in [0.05, 0.1) is 16.2 Å². The van der Waals surface area contributed by atoms with E-state index < -0.39 is 10.0 Å². The second kappa shape index (κ2) is 11.6. The van der Waals surface area contributed by atoms with Crippen molar-refractivity contribution in [2.45, 2.75) is 38.5 Å². The summed E-state index contributed by atoms with van der Waals surface area (Å²) in [5.41, 5.74) is 1.38. The Balaban J connectivity index is 1.40. The Bertz CT molecular complexity index is 1280. The lowest BCUT2D eigenvalue weighted by atomic mass is 10.2. The van der Waals surface area contributed by atoms with Crippen molar-refractivity contribution in [2.75, 3.05) is 50.8 Å². The van der Waals surface area contributed by atoms with Crippen molar-refractivity contribution in [1.29, 1.82) is 0 Å². The zero-order chi connectivity index (χ0) is 25.7. The molecule has 1 saturated heterocycles. The molecule has 0 spiro atoms. The molecular formula is C26H34N4O4S2. The maximum Gasteiger partial charge on any atom is 0.253 e. The molecule has 3 aromatic rings. The van der Waals surface area contributed by atoms with Gasteiger partial charge in [-0.05, 0) is 49.7 Å². The van der Waals surface area contributed by atoms with Crippen LogP contribution in [0, 0.1) is 0 Å². The van der Waals surface area contributed by atoms with Gasteiger partial charge in [-0.25, -0.2) is 13.4 Å². The number of ether oxygens (including phenoxy) is 1. The number of fused-ring (bicyclic) bond motifs is 1. The van der Waals surface area contributed by atoms with Gasteiger partial charge in [0.2, 0.25) is 10.0 Å². The van der Waals surface area contributed by atoms with Gasteiger partial charge < -0.3 is 14.5 Å². The summed E-state index contributed by atoms with van der Waals surface area (Å²) < 4.78 is 34.2.